The van der Waals surface area contributed by atoms with Crippen molar-refractivity contribution in [1.82, 2.24) is 10.6 Å². The monoisotopic (exact) mass is 254 g/mol. The molecule has 0 spiro atoms. The molecule has 1 aromatic carbocycles. The normalized spacial score (nSPS) is 14.1. The van der Waals surface area contributed by atoms with E-state index >= 15 is 0 Å². The number of rotatable bonds is 5. The molecule has 0 radical (unpaired) electrons. The Hall–Kier alpha value is -1.06. The predicted molar refractivity (Wildman–Crippen MR) is 71.1 cm³/mol. The summed E-state index contributed by atoms with van der Waals surface area (Å²) in [4.78, 5) is 11.8. The molecule has 94 valence electrons. The maximum Gasteiger partial charge on any atom is 0.224 e. The highest BCUT2D eigenvalue weighted by Gasteiger charge is 2.15. The minimum Gasteiger partial charge on any atom is -0.349 e. The molecule has 1 aromatic rings. The molecule has 1 rings (SSSR count). The summed E-state index contributed by atoms with van der Waals surface area (Å²) in [6.45, 7) is 4.55. The van der Waals surface area contributed by atoms with Gasteiger partial charge in [0.1, 0.15) is 0 Å². The second kappa shape index (κ2) is 6.62. The van der Waals surface area contributed by atoms with Gasteiger partial charge in [-0.05, 0) is 31.7 Å². The number of amides is 1. The Morgan fingerprint density at radius 2 is 1.88 bits per heavy atom. The van der Waals surface area contributed by atoms with E-state index < -0.39 is 0 Å². The van der Waals surface area contributed by atoms with E-state index in [2.05, 4.69) is 10.6 Å². The highest BCUT2D eigenvalue weighted by molar-refractivity contribution is 6.30. The Labute approximate surface area is 108 Å². The maximum atomic E-state index is 11.8. The predicted octanol–water partition coefficient (Wildman–Crippen LogP) is 2.37. The Bertz CT molecular complexity index is 364. The third-order valence-corrected chi connectivity index (χ3v) is 2.94. The van der Waals surface area contributed by atoms with Crippen LogP contribution in [0, 0.1) is 5.92 Å². The van der Waals surface area contributed by atoms with Gasteiger partial charge in [0.25, 0.3) is 0 Å². The average molecular weight is 255 g/mol. The minimum atomic E-state index is -0.0326. The van der Waals surface area contributed by atoms with Gasteiger partial charge in [-0.25, -0.2) is 0 Å². The van der Waals surface area contributed by atoms with Gasteiger partial charge in [0.05, 0.1) is 6.04 Å². The minimum absolute atomic E-state index is 0.000859. The first-order valence-corrected chi connectivity index (χ1v) is 6.12. The van der Waals surface area contributed by atoms with Crippen LogP contribution in [0.5, 0.6) is 0 Å². The van der Waals surface area contributed by atoms with Crippen LogP contribution in [-0.4, -0.2) is 19.5 Å². The number of halogens is 1. The Balaban J connectivity index is 2.57. The highest BCUT2D eigenvalue weighted by atomic mass is 35.5. The largest absolute Gasteiger partial charge is 0.349 e. The molecule has 0 aliphatic carbocycles. The Morgan fingerprint density at radius 1 is 1.29 bits per heavy atom. The molecule has 3 nitrogen and oxygen atoms in total. The molecule has 1 amide bonds. The molecule has 0 saturated carbocycles. The summed E-state index contributed by atoms with van der Waals surface area (Å²) in [5.41, 5.74) is 1.06. The van der Waals surface area contributed by atoms with Gasteiger partial charge in [-0.2, -0.15) is 0 Å². The van der Waals surface area contributed by atoms with Crippen LogP contribution in [0.3, 0.4) is 0 Å². The zero-order chi connectivity index (χ0) is 12.8. The quantitative estimate of drug-likeness (QED) is 0.847. The molecule has 17 heavy (non-hydrogen) atoms. The van der Waals surface area contributed by atoms with Crippen LogP contribution in [0.2, 0.25) is 5.02 Å². The van der Waals surface area contributed by atoms with E-state index in [0.29, 0.717) is 11.6 Å². The van der Waals surface area contributed by atoms with E-state index in [4.69, 9.17) is 11.6 Å². The van der Waals surface area contributed by atoms with Crippen molar-refractivity contribution in [2.24, 2.45) is 5.92 Å². The zero-order valence-electron chi connectivity index (χ0n) is 10.5. The molecule has 0 aromatic heterocycles. The lowest BCUT2D eigenvalue weighted by atomic mass is 10.1. The van der Waals surface area contributed by atoms with Crippen molar-refractivity contribution in [2.75, 3.05) is 13.6 Å². The number of hydrogen-bond donors (Lipinski definition) is 2. The number of carbonyl (C=O) groups is 1. The van der Waals surface area contributed by atoms with E-state index in [1.54, 1.807) is 0 Å². The smallest absolute Gasteiger partial charge is 0.224 e. The van der Waals surface area contributed by atoms with Crippen molar-refractivity contribution in [2.45, 2.75) is 19.9 Å². The summed E-state index contributed by atoms with van der Waals surface area (Å²) in [7, 11) is 1.84. The molecule has 0 aliphatic rings. The van der Waals surface area contributed by atoms with Crippen LogP contribution in [0.1, 0.15) is 25.5 Å². The lowest BCUT2D eigenvalue weighted by Crippen LogP contribution is -2.35. The Kier molecular flexibility index (Phi) is 5.45. The molecule has 0 heterocycles. The number of benzene rings is 1. The second-order valence-corrected chi connectivity index (χ2v) is 4.68. The van der Waals surface area contributed by atoms with Crippen molar-refractivity contribution in [1.29, 1.82) is 0 Å². The highest BCUT2D eigenvalue weighted by Crippen LogP contribution is 2.16. The summed E-state index contributed by atoms with van der Waals surface area (Å²) in [6, 6.07) is 7.51. The van der Waals surface area contributed by atoms with Gasteiger partial charge in [-0.15, -0.1) is 0 Å². The summed E-state index contributed by atoms with van der Waals surface area (Å²) < 4.78 is 0. The van der Waals surface area contributed by atoms with Gasteiger partial charge in [0, 0.05) is 17.5 Å². The standard InChI is InChI=1S/C13H19ClN2O/c1-9(8-15-3)13(17)16-10(2)11-4-6-12(14)7-5-11/h4-7,9-10,15H,8H2,1-3H3,(H,16,17). The van der Waals surface area contributed by atoms with Crippen molar-refractivity contribution >= 4 is 17.5 Å². The lowest BCUT2D eigenvalue weighted by molar-refractivity contribution is -0.125. The van der Waals surface area contributed by atoms with E-state index in [1.807, 2.05) is 45.2 Å². The first kappa shape index (κ1) is 14.0. The van der Waals surface area contributed by atoms with Crippen molar-refractivity contribution < 1.29 is 4.79 Å². The van der Waals surface area contributed by atoms with Gasteiger partial charge in [0.15, 0.2) is 0 Å². The summed E-state index contributed by atoms with van der Waals surface area (Å²) in [5, 5.41) is 6.67. The van der Waals surface area contributed by atoms with Gasteiger partial charge < -0.3 is 10.6 Å². The van der Waals surface area contributed by atoms with Crippen LogP contribution in [0.4, 0.5) is 0 Å². The maximum absolute atomic E-state index is 11.8. The van der Waals surface area contributed by atoms with Gasteiger partial charge >= 0.3 is 0 Å². The molecule has 4 heteroatoms. The van der Waals surface area contributed by atoms with Gasteiger partial charge in [0.2, 0.25) is 5.91 Å². The first-order valence-electron chi connectivity index (χ1n) is 5.75. The SMILES string of the molecule is CNCC(C)C(=O)NC(C)c1ccc(Cl)cc1. The number of nitrogens with one attached hydrogen (secondary N) is 2. The summed E-state index contributed by atoms with van der Waals surface area (Å²) in [6.07, 6.45) is 0. The van der Waals surface area contributed by atoms with Crippen LogP contribution in [-0.2, 0) is 4.79 Å². The summed E-state index contributed by atoms with van der Waals surface area (Å²) >= 11 is 5.82. The molecular formula is C13H19ClN2O. The van der Waals surface area contributed by atoms with Crippen molar-refractivity contribution in [3.8, 4) is 0 Å². The third-order valence-electron chi connectivity index (χ3n) is 2.69. The fourth-order valence-electron chi connectivity index (χ4n) is 1.59. The average Bonchev–Trinajstić information content (AvgIpc) is 2.30. The van der Waals surface area contributed by atoms with E-state index in [1.165, 1.54) is 0 Å². The number of carbonyl (C=O) groups excluding carboxylic acids is 1. The second-order valence-electron chi connectivity index (χ2n) is 4.24. The van der Waals surface area contributed by atoms with Crippen LogP contribution in [0.15, 0.2) is 24.3 Å². The van der Waals surface area contributed by atoms with Crippen molar-refractivity contribution in [3.63, 3.8) is 0 Å². The topological polar surface area (TPSA) is 41.1 Å². The third kappa shape index (κ3) is 4.36. The van der Waals surface area contributed by atoms with E-state index in [0.717, 1.165) is 5.56 Å². The molecule has 0 aliphatic heterocycles. The molecule has 2 atom stereocenters. The first-order chi connectivity index (χ1) is 8.04. The fraction of sp³-hybridized carbons (Fsp3) is 0.462. The van der Waals surface area contributed by atoms with Gasteiger partial charge in [-0.3, -0.25) is 4.79 Å². The number of hydrogen-bond acceptors (Lipinski definition) is 2. The molecule has 2 unspecified atom stereocenters. The van der Waals surface area contributed by atoms with E-state index in [9.17, 15) is 4.79 Å². The van der Waals surface area contributed by atoms with Crippen LogP contribution < -0.4 is 10.6 Å². The van der Waals surface area contributed by atoms with Crippen LogP contribution >= 0.6 is 11.6 Å². The van der Waals surface area contributed by atoms with Gasteiger partial charge in [-0.1, -0.05) is 30.7 Å². The Morgan fingerprint density at radius 3 is 2.41 bits per heavy atom. The molecular weight excluding hydrogens is 236 g/mol. The molecule has 0 bridgehead atoms. The fourth-order valence-corrected chi connectivity index (χ4v) is 1.72. The zero-order valence-corrected chi connectivity index (χ0v) is 11.2. The van der Waals surface area contributed by atoms with Crippen LogP contribution in [0.25, 0.3) is 0 Å². The summed E-state index contributed by atoms with van der Waals surface area (Å²) in [5.74, 6) is 0.0246. The molecule has 0 saturated heterocycles. The van der Waals surface area contributed by atoms with Crippen molar-refractivity contribution in [3.05, 3.63) is 34.9 Å². The lowest BCUT2D eigenvalue weighted by Gasteiger charge is -2.17. The van der Waals surface area contributed by atoms with E-state index in [-0.39, 0.29) is 17.9 Å². The molecule has 2 N–H and O–H groups in total. The molecule has 0 fully saturated rings.